The van der Waals surface area contributed by atoms with Crippen molar-refractivity contribution in [3.05, 3.63) is 0 Å². The van der Waals surface area contributed by atoms with Crippen LogP contribution >= 0.6 is 0 Å². The van der Waals surface area contributed by atoms with Crippen LogP contribution in [0, 0.1) is 5.92 Å². The van der Waals surface area contributed by atoms with Crippen LogP contribution in [0.3, 0.4) is 0 Å². The normalized spacial score (nSPS) is 26.0. The maximum absolute atomic E-state index is 11.8. The number of nitrogens with one attached hydrogen (secondary N) is 2. The largest absolute Gasteiger partial charge is 0.480 e. The highest BCUT2D eigenvalue weighted by Crippen LogP contribution is 2.32. The predicted molar refractivity (Wildman–Crippen MR) is 74.6 cm³/mol. The van der Waals surface area contributed by atoms with Crippen molar-refractivity contribution in [2.75, 3.05) is 40.3 Å². The molecule has 7 heteroatoms. The summed E-state index contributed by atoms with van der Waals surface area (Å²) < 4.78 is 0. The average Bonchev–Trinajstić information content (AvgIpc) is 3.21. The van der Waals surface area contributed by atoms with Crippen molar-refractivity contribution < 1.29 is 14.7 Å². The highest BCUT2D eigenvalue weighted by molar-refractivity contribution is 5.83. The minimum absolute atomic E-state index is 0.0988. The van der Waals surface area contributed by atoms with E-state index in [2.05, 4.69) is 27.5 Å². The molecule has 0 aromatic rings. The van der Waals surface area contributed by atoms with E-state index in [1.54, 1.807) is 0 Å². The molecule has 7 nitrogen and oxygen atoms in total. The van der Waals surface area contributed by atoms with Gasteiger partial charge in [0.2, 0.25) is 0 Å². The quantitative estimate of drug-likeness (QED) is 0.627. The molecule has 2 unspecified atom stereocenters. The van der Waals surface area contributed by atoms with Crippen LogP contribution in [0.4, 0.5) is 4.79 Å². The zero-order valence-corrected chi connectivity index (χ0v) is 12.1. The van der Waals surface area contributed by atoms with Crippen LogP contribution in [-0.2, 0) is 4.79 Å². The maximum atomic E-state index is 11.8. The molecule has 1 heterocycles. The molecule has 0 bridgehead atoms. The number of carboxylic acid groups (broad SMARTS) is 1. The number of piperazine rings is 1. The van der Waals surface area contributed by atoms with Crippen LogP contribution < -0.4 is 10.6 Å². The number of hydrogen-bond acceptors (Lipinski definition) is 4. The summed E-state index contributed by atoms with van der Waals surface area (Å²) in [6.07, 6.45) is 1.76. The molecular weight excluding hydrogens is 260 g/mol. The fraction of sp³-hybridized carbons (Fsp3) is 0.846. The first-order valence-electron chi connectivity index (χ1n) is 7.13. The first kappa shape index (κ1) is 15.1. The Kier molecular flexibility index (Phi) is 4.82. The number of nitrogens with zero attached hydrogens (tertiary/aromatic N) is 2. The molecule has 0 radical (unpaired) electrons. The van der Waals surface area contributed by atoms with Gasteiger partial charge >= 0.3 is 12.0 Å². The van der Waals surface area contributed by atoms with Gasteiger partial charge in [-0.3, -0.25) is 4.90 Å². The summed E-state index contributed by atoms with van der Waals surface area (Å²) in [6, 6.07) is -0.864. The molecule has 2 atom stereocenters. The predicted octanol–water partition coefficient (Wildman–Crippen LogP) is -0.605. The second-order valence-electron chi connectivity index (χ2n) is 5.90. The molecule has 20 heavy (non-hydrogen) atoms. The molecule has 0 aromatic heterocycles. The van der Waals surface area contributed by atoms with E-state index in [0.29, 0.717) is 6.54 Å². The summed E-state index contributed by atoms with van der Waals surface area (Å²) in [4.78, 5) is 27.3. The molecule has 0 aromatic carbocycles. The van der Waals surface area contributed by atoms with Gasteiger partial charge in [-0.25, -0.2) is 9.59 Å². The van der Waals surface area contributed by atoms with Crippen LogP contribution in [0.1, 0.15) is 12.8 Å². The summed E-state index contributed by atoms with van der Waals surface area (Å²) in [5.74, 6) is -0.848. The molecule has 3 N–H and O–H groups in total. The zero-order valence-electron chi connectivity index (χ0n) is 12.1. The van der Waals surface area contributed by atoms with Gasteiger partial charge < -0.3 is 20.6 Å². The molecule has 2 rings (SSSR count). The number of carbonyl (C=O) groups is 2. The Bertz CT molecular complexity index is 373. The molecule has 1 saturated heterocycles. The third-order valence-electron chi connectivity index (χ3n) is 4.12. The number of urea groups is 1. The number of carboxylic acids is 1. The number of carbonyl (C=O) groups excluding carboxylic acids is 1. The van der Waals surface area contributed by atoms with Crippen LogP contribution in [-0.4, -0.2) is 79.3 Å². The Hall–Kier alpha value is -1.34. The molecule has 1 aliphatic heterocycles. The summed E-state index contributed by atoms with van der Waals surface area (Å²) in [5, 5.41) is 14.4. The van der Waals surface area contributed by atoms with E-state index in [-0.39, 0.29) is 18.0 Å². The van der Waals surface area contributed by atoms with Crippen molar-refractivity contribution in [3.8, 4) is 0 Å². The van der Waals surface area contributed by atoms with Gasteiger partial charge in [-0.15, -0.1) is 0 Å². The fourth-order valence-electron chi connectivity index (χ4n) is 2.54. The Morgan fingerprint density at radius 2 is 2.00 bits per heavy atom. The Morgan fingerprint density at radius 3 is 2.60 bits per heavy atom. The van der Waals surface area contributed by atoms with Crippen molar-refractivity contribution in [2.24, 2.45) is 5.92 Å². The van der Waals surface area contributed by atoms with E-state index in [1.165, 1.54) is 0 Å². The molecule has 2 aliphatic rings. The lowest BCUT2D eigenvalue weighted by atomic mass is 10.2. The molecule has 0 spiro atoms. The van der Waals surface area contributed by atoms with Crippen molar-refractivity contribution in [1.29, 1.82) is 0 Å². The summed E-state index contributed by atoms with van der Waals surface area (Å²) in [7, 11) is 4.11. The first-order valence-corrected chi connectivity index (χ1v) is 7.13. The lowest BCUT2D eigenvalue weighted by Gasteiger charge is -2.37. The van der Waals surface area contributed by atoms with E-state index in [0.717, 1.165) is 32.5 Å². The lowest BCUT2D eigenvalue weighted by molar-refractivity contribution is -0.139. The molecule has 2 fully saturated rings. The van der Waals surface area contributed by atoms with Crippen molar-refractivity contribution >= 4 is 12.0 Å². The highest BCUT2D eigenvalue weighted by Gasteiger charge is 2.37. The van der Waals surface area contributed by atoms with E-state index in [1.807, 2.05) is 7.05 Å². The lowest BCUT2D eigenvalue weighted by Crippen LogP contribution is -2.56. The van der Waals surface area contributed by atoms with Gasteiger partial charge in [-0.05, 0) is 32.9 Å². The van der Waals surface area contributed by atoms with Crippen molar-refractivity contribution in [2.45, 2.75) is 24.9 Å². The van der Waals surface area contributed by atoms with Crippen LogP contribution in [0.2, 0.25) is 0 Å². The maximum Gasteiger partial charge on any atom is 0.326 e. The standard InChI is InChI=1S/C13H24N4O3/c1-16-5-6-17(2)10(8-16)7-14-13(20)15-11(12(18)19)9-3-4-9/h9-11H,3-8H2,1-2H3,(H,18,19)(H2,14,15,20). The minimum atomic E-state index is -0.947. The Morgan fingerprint density at radius 1 is 1.30 bits per heavy atom. The molecule has 1 aliphatic carbocycles. The molecule has 1 saturated carbocycles. The summed E-state index contributed by atoms with van der Waals surface area (Å²) in [5.41, 5.74) is 0. The number of rotatable bonds is 5. The zero-order chi connectivity index (χ0) is 14.7. The topological polar surface area (TPSA) is 84.9 Å². The summed E-state index contributed by atoms with van der Waals surface area (Å²) >= 11 is 0. The number of likely N-dealkylation sites (N-methyl/N-ethyl adjacent to an activating group) is 2. The molecule has 2 amide bonds. The van der Waals surface area contributed by atoms with E-state index in [4.69, 9.17) is 5.11 Å². The van der Waals surface area contributed by atoms with Gasteiger partial charge in [0.15, 0.2) is 0 Å². The number of amides is 2. The van der Waals surface area contributed by atoms with E-state index < -0.39 is 12.0 Å². The van der Waals surface area contributed by atoms with E-state index in [9.17, 15) is 9.59 Å². The minimum Gasteiger partial charge on any atom is -0.480 e. The van der Waals surface area contributed by atoms with Gasteiger partial charge in [0.1, 0.15) is 6.04 Å². The second-order valence-corrected chi connectivity index (χ2v) is 5.90. The number of aliphatic carboxylic acids is 1. The van der Waals surface area contributed by atoms with Gasteiger partial charge in [-0.2, -0.15) is 0 Å². The van der Waals surface area contributed by atoms with Gasteiger partial charge in [0, 0.05) is 32.2 Å². The second kappa shape index (κ2) is 6.41. The molecule has 114 valence electrons. The third-order valence-corrected chi connectivity index (χ3v) is 4.12. The SMILES string of the molecule is CN1CCN(C)C(CNC(=O)NC(C(=O)O)C2CC2)C1. The summed E-state index contributed by atoms with van der Waals surface area (Å²) in [6.45, 7) is 3.44. The van der Waals surface area contributed by atoms with Crippen LogP contribution in [0.5, 0.6) is 0 Å². The fourth-order valence-corrected chi connectivity index (χ4v) is 2.54. The van der Waals surface area contributed by atoms with Gasteiger partial charge in [-0.1, -0.05) is 0 Å². The van der Waals surface area contributed by atoms with Crippen LogP contribution in [0.15, 0.2) is 0 Å². The monoisotopic (exact) mass is 284 g/mol. The van der Waals surface area contributed by atoms with Gasteiger partial charge in [0.05, 0.1) is 0 Å². The molecular formula is C13H24N4O3. The average molecular weight is 284 g/mol. The first-order chi connectivity index (χ1) is 9.47. The highest BCUT2D eigenvalue weighted by atomic mass is 16.4. The van der Waals surface area contributed by atoms with Gasteiger partial charge in [0.25, 0.3) is 0 Å². The van der Waals surface area contributed by atoms with Crippen molar-refractivity contribution in [3.63, 3.8) is 0 Å². The van der Waals surface area contributed by atoms with Crippen LogP contribution in [0.25, 0.3) is 0 Å². The van der Waals surface area contributed by atoms with Crippen molar-refractivity contribution in [1.82, 2.24) is 20.4 Å². The smallest absolute Gasteiger partial charge is 0.326 e. The third kappa shape index (κ3) is 4.08. The number of hydrogen-bond donors (Lipinski definition) is 3. The Labute approximate surface area is 119 Å². The van der Waals surface area contributed by atoms with E-state index >= 15 is 0 Å². The Balaban J connectivity index is 1.75.